The van der Waals surface area contributed by atoms with E-state index >= 15 is 0 Å². The molecule has 0 radical (unpaired) electrons. The van der Waals surface area contributed by atoms with Crippen molar-refractivity contribution >= 4 is 27.3 Å². The van der Waals surface area contributed by atoms with E-state index < -0.39 is 10.0 Å². The second kappa shape index (κ2) is 11.8. The van der Waals surface area contributed by atoms with Gasteiger partial charge >= 0.3 is 0 Å². The number of sulfonamides is 1. The number of carbonyl (C=O) groups is 1. The van der Waals surface area contributed by atoms with E-state index in [1.807, 2.05) is 36.4 Å². The minimum absolute atomic E-state index is 0.0924. The number of amides is 1. The Morgan fingerprint density at radius 3 is 2.03 bits per heavy atom. The van der Waals surface area contributed by atoms with E-state index in [2.05, 4.69) is 10.3 Å². The zero-order valence-corrected chi connectivity index (χ0v) is 22.2. The molecule has 0 atom stereocenters. The summed E-state index contributed by atoms with van der Waals surface area (Å²) < 4.78 is 37.0. The van der Waals surface area contributed by atoms with E-state index in [0.717, 1.165) is 29.4 Å². The molecule has 4 rings (SSSR count). The number of methoxy groups -OCH3 is 2. The van der Waals surface area contributed by atoms with Crippen LogP contribution in [0.5, 0.6) is 11.5 Å². The van der Waals surface area contributed by atoms with E-state index in [0.29, 0.717) is 28.4 Å². The zero-order chi connectivity index (χ0) is 27.1. The maximum absolute atomic E-state index is 12.8. The van der Waals surface area contributed by atoms with Crippen LogP contribution in [0.2, 0.25) is 0 Å². The molecule has 9 heteroatoms. The van der Waals surface area contributed by atoms with Gasteiger partial charge in [0, 0.05) is 29.7 Å². The molecule has 196 valence electrons. The Labute approximate surface area is 222 Å². The van der Waals surface area contributed by atoms with Crippen LogP contribution >= 0.6 is 0 Å². The van der Waals surface area contributed by atoms with Crippen LogP contribution in [-0.2, 0) is 23.0 Å². The molecule has 1 aromatic heterocycles. The maximum atomic E-state index is 12.8. The summed E-state index contributed by atoms with van der Waals surface area (Å²) in [6, 6.07) is 23.4. The average Bonchev–Trinajstić information content (AvgIpc) is 2.92. The Bertz CT molecular complexity index is 1490. The lowest BCUT2D eigenvalue weighted by Crippen LogP contribution is -2.29. The highest BCUT2D eigenvalue weighted by Gasteiger charge is 2.20. The topological polar surface area (TPSA) is 97.8 Å². The van der Waals surface area contributed by atoms with Crippen LogP contribution in [0, 0.1) is 0 Å². The molecule has 0 fully saturated rings. The Morgan fingerprint density at radius 1 is 0.816 bits per heavy atom. The summed E-state index contributed by atoms with van der Waals surface area (Å²) in [6.45, 7) is 0.0924. The van der Waals surface area contributed by atoms with E-state index in [1.165, 1.54) is 18.5 Å². The molecule has 0 unspecified atom stereocenters. The Balaban J connectivity index is 1.43. The highest BCUT2D eigenvalue weighted by Crippen LogP contribution is 2.33. The van der Waals surface area contributed by atoms with Crippen LogP contribution in [0.25, 0.3) is 0 Å². The summed E-state index contributed by atoms with van der Waals surface area (Å²) in [7, 11) is -0.587. The van der Waals surface area contributed by atoms with Crippen molar-refractivity contribution in [3.63, 3.8) is 0 Å². The number of nitrogens with zero attached hydrogens (tertiary/aromatic N) is 2. The van der Waals surface area contributed by atoms with Crippen molar-refractivity contribution in [1.82, 2.24) is 4.98 Å². The van der Waals surface area contributed by atoms with Gasteiger partial charge in [-0.05, 0) is 71.6 Å². The van der Waals surface area contributed by atoms with Crippen molar-refractivity contribution in [2.75, 3.05) is 30.1 Å². The van der Waals surface area contributed by atoms with Crippen LogP contribution in [0.1, 0.15) is 27.0 Å². The van der Waals surface area contributed by atoms with Gasteiger partial charge in [0.1, 0.15) is 0 Å². The number of hydrogen-bond donors (Lipinski definition) is 1. The average molecular weight is 532 g/mol. The van der Waals surface area contributed by atoms with Gasteiger partial charge < -0.3 is 14.8 Å². The highest BCUT2D eigenvalue weighted by molar-refractivity contribution is 7.92. The maximum Gasteiger partial charge on any atom is 0.255 e. The first-order valence-electron chi connectivity index (χ1n) is 11.8. The molecule has 0 aliphatic carbocycles. The lowest BCUT2D eigenvalue weighted by atomic mass is 10.1. The third-order valence-electron chi connectivity index (χ3n) is 5.97. The smallest absolute Gasteiger partial charge is 0.255 e. The minimum atomic E-state index is -3.60. The first-order valence-corrected chi connectivity index (χ1v) is 13.7. The number of anilines is 2. The molecule has 0 saturated heterocycles. The summed E-state index contributed by atoms with van der Waals surface area (Å²) in [6.07, 6.45) is 5.47. The van der Waals surface area contributed by atoms with Crippen LogP contribution in [-0.4, -0.2) is 39.8 Å². The number of rotatable bonds is 10. The summed E-state index contributed by atoms with van der Waals surface area (Å²) in [5, 5.41) is 2.90. The Kier molecular flexibility index (Phi) is 8.28. The van der Waals surface area contributed by atoms with E-state index in [-0.39, 0.29) is 12.5 Å². The van der Waals surface area contributed by atoms with E-state index in [9.17, 15) is 13.2 Å². The standard InChI is InChI=1S/C29H29N3O5S/c1-36-27-13-12-26(19-28(27)37-2)32(38(3,34)35)20-23-4-8-24(9-5-23)29(33)31-25-10-6-21(7-11-25)18-22-14-16-30-17-15-22/h4-17,19H,18,20H2,1-3H3,(H,31,33). The van der Waals surface area contributed by atoms with E-state index in [4.69, 9.17) is 9.47 Å². The first-order chi connectivity index (χ1) is 18.3. The van der Waals surface area contributed by atoms with Gasteiger partial charge in [-0.15, -0.1) is 0 Å². The molecule has 0 saturated carbocycles. The first kappa shape index (κ1) is 26.7. The lowest BCUT2D eigenvalue weighted by molar-refractivity contribution is 0.102. The summed E-state index contributed by atoms with van der Waals surface area (Å²) in [5.41, 5.74) is 4.61. The Hall–Kier alpha value is -4.37. The fourth-order valence-corrected chi connectivity index (χ4v) is 4.83. The van der Waals surface area contributed by atoms with Crippen molar-refractivity contribution in [2.24, 2.45) is 0 Å². The molecule has 1 heterocycles. The molecule has 1 amide bonds. The molecular weight excluding hydrogens is 502 g/mol. The number of hydrogen-bond acceptors (Lipinski definition) is 6. The Morgan fingerprint density at radius 2 is 1.42 bits per heavy atom. The lowest BCUT2D eigenvalue weighted by Gasteiger charge is -2.23. The summed E-state index contributed by atoms with van der Waals surface area (Å²) in [4.78, 5) is 16.8. The summed E-state index contributed by atoms with van der Waals surface area (Å²) >= 11 is 0. The second-order valence-corrected chi connectivity index (χ2v) is 10.6. The van der Waals surface area contributed by atoms with Gasteiger partial charge in [-0.3, -0.25) is 14.1 Å². The normalized spacial score (nSPS) is 11.0. The molecule has 0 spiro atoms. The van der Waals surface area contributed by atoms with Crippen LogP contribution < -0.4 is 19.1 Å². The second-order valence-electron chi connectivity index (χ2n) is 8.69. The van der Waals surface area contributed by atoms with Gasteiger partial charge in [-0.25, -0.2) is 8.42 Å². The minimum Gasteiger partial charge on any atom is -0.493 e. The predicted octanol–water partition coefficient (Wildman–Crippen LogP) is 4.91. The number of carbonyl (C=O) groups excluding carboxylic acids is 1. The number of nitrogens with one attached hydrogen (secondary N) is 1. The molecule has 8 nitrogen and oxygen atoms in total. The fraction of sp³-hybridized carbons (Fsp3) is 0.172. The van der Waals surface area contributed by atoms with Gasteiger partial charge in [-0.1, -0.05) is 24.3 Å². The van der Waals surface area contributed by atoms with Crippen molar-refractivity contribution in [1.29, 1.82) is 0 Å². The molecule has 4 aromatic rings. The third kappa shape index (κ3) is 6.68. The quantitative estimate of drug-likeness (QED) is 0.312. The number of pyridine rings is 1. The van der Waals surface area contributed by atoms with Gasteiger partial charge in [0.25, 0.3) is 5.91 Å². The van der Waals surface area contributed by atoms with Crippen LogP contribution in [0.4, 0.5) is 11.4 Å². The largest absolute Gasteiger partial charge is 0.493 e. The number of benzene rings is 3. The number of ether oxygens (including phenoxy) is 2. The molecule has 0 bridgehead atoms. The molecule has 1 N–H and O–H groups in total. The van der Waals surface area contributed by atoms with Gasteiger partial charge in [0.2, 0.25) is 10.0 Å². The monoisotopic (exact) mass is 531 g/mol. The van der Waals surface area contributed by atoms with Gasteiger partial charge in [-0.2, -0.15) is 0 Å². The molecule has 38 heavy (non-hydrogen) atoms. The predicted molar refractivity (Wildman–Crippen MR) is 148 cm³/mol. The molecular formula is C29H29N3O5S. The number of aromatic nitrogens is 1. The highest BCUT2D eigenvalue weighted by atomic mass is 32.2. The molecule has 0 aliphatic heterocycles. The fourth-order valence-electron chi connectivity index (χ4n) is 3.95. The SMILES string of the molecule is COc1ccc(N(Cc2ccc(C(=O)Nc3ccc(Cc4ccncc4)cc3)cc2)S(C)(=O)=O)cc1OC. The van der Waals surface area contributed by atoms with Crippen molar-refractivity contribution in [3.8, 4) is 11.5 Å². The van der Waals surface area contributed by atoms with Gasteiger partial charge in [0.05, 0.1) is 32.7 Å². The van der Waals surface area contributed by atoms with Crippen LogP contribution in [0.15, 0.2) is 91.3 Å². The molecule has 0 aliphatic rings. The van der Waals surface area contributed by atoms with E-state index in [1.54, 1.807) is 54.9 Å². The zero-order valence-electron chi connectivity index (χ0n) is 21.4. The van der Waals surface area contributed by atoms with Gasteiger partial charge in [0.15, 0.2) is 11.5 Å². The van der Waals surface area contributed by atoms with Crippen molar-refractivity contribution in [2.45, 2.75) is 13.0 Å². The summed E-state index contributed by atoms with van der Waals surface area (Å²) in [5.74, 6) is 0.679. The van der Waals surface area contributed by atoms with Crippen LogP contribution in [0.3, 0.4) is 0 Å². The third-order valence-corrected chi connectivity index (χ3v) is 7.11. The van der Waals surface area contributed by atoms with Crippen molar-refractivity contribution < 1.29 is 22.7 Å². The van der Waals surface area contributed by atoms with Crippen molar-refractivity contribution in [3.05, 3.63) is 114 Å². The molecule has 3 aromatic carbocycles.